The number of rotatable bonds is 3. The number of aromatic nitrogens is 3. The van der Waals surface area contributed by atoms with Crippen molar-refractivity contribution < 1.29 is 4.92 Å². The smallest absolute Gasteiger partial charge is 0.258 e. The Bertz CT molecular complexity index is 780. The highest BCUT2D eigenvalue weighted by atomic mass is 35.5. The lowest BCUT2D eigenvalue weighted by Gasteiger charge is -1.98. The van der Waals surface area contributed by atoms with E-state index in [1.54, 1.807) is 16.8 Å². The molecule has 0 aliphatic rings. The lowest BCUT2D eigenvalue weighted by atomic mass is 10.1. The van der Waals surface area contributed by atoms with Crippen LogP contribution in [0.1, 0.15) is 11.9 Å². The van der Waals surface area contributed by atoms with Crippen molar-refractivity contribution >= 4 is 33.6 Å². The van der Waals surface area contributed by atoms with Crippen molar-refractivity contribution in [1.82, 2.24) is 14.6 Å². The van der Waals surface area contributed by atoms with Gasteiger partial charge < -0.3 is 0 Å². The molecular formula is C12H9ClN4O2S. The molecule has 0 aliphatic carbocycles. The number of benzene rings is 1. The van der Waals surface area contributed by atoms with E-state index in [1.807, 2.05) is 6.92 Å². The zero-order valence-corrected chi connectivity index (χ0v) is 12.0. The normalized spacial score (nSPS) is 11.1. The summed E-state index contributed by atoms with van der Waals surface area (Å²) in [5.41, 5.74) is 1.17. The average Bonchev–Trinajstić information content (AvgIpc) is 2.96. The molecule has 0 amide bonds. The first kappa shape index (κ1) is 13.0. The minimum absolute atomic E-state index is 0.117. The second kappa shape index (κ2) is 4.84. The Morgan fingerprint density at radius 3 is 2.95 bits per heavy atom. The van der Waals surface area contributed by atoms with Gasteiger partial charge in [-0.2, -0.15) is 5.10 Å². The van der Waals surface area contributed by atoms with E-state index >= 15 is 0 Å². The van der Waals surface area contributed by atoms with Crippen LogP contribution in [0.25, 0.3) is 16.2 Å². The molecule has 3 rings (SSSR count). The standard InChI is InChI=1S/C12H9ClN4O2S/c1-2-11-15-16-6-9(14-12(16)20-11)7-3-4-8(13)10(5-7)17(18)19/h3-6H,2H2,1H3. The molecule has 0 atom stereocenters. The van der Waals surface area contributed by atoms with E-state index in [4.69, 9.17) is 11.6 Å². The highest BCUT2D eigenvalue weighted by Crippen LogP contribution is 2.30. The topological polar surface area (TPSA) is 73.3 Å². The first-order chi connectivity index (χ1) is 9.58. The summed E-state index contributed by atoms with van der Waals surface area (Å²) in [7, 11) is 0. The van der Waals surface area contributed by atoms with Crippen LogP contribution in [0.15, 0.2) is 24.4 Å². The van der Waals surface area contributed by atoms with Gasteiger partial charge in [-0.3, -0.25) is 10.1 Å². The van der Waals surface area contributed by atoms with Crippen LogP contribution >= 0.6 is 22.9 Å². The van der Waals surface area contributed by atoms with Crippen LogP contribution in [0, 0.1) is 10.1 Å². The van der Waals surface area contributed by atoms with E-state index in [9.17, 15) is 10.1 Å². The van der Waals surface area contributed by atoms with Gasteiger partial charge in [0, 0.05) is 11.6 Å². The van der Waals surface area contributed by atoms with E-state index in [2.05, 4.69) is 10.1 Å². The molecule has 0 saturated carbocycles. The van der Waals surface area contributed by atoms with Crippen LogP contribution in [-0.4, -0.2) is 19.5 Å². The monoisotopic (exact) mass is 308 g/mol. The number of nitro benzene ring substituents is 1. The number of fused-ring (bicyclic) bond motifs is 1. The predicted octanol–water partition coefficient (Wildman–Crippen LogP) is 3.58. The molecule has 0 saturated heterocycles. The number of nitro groups is 1. The number of halogens is 1. The van der Waals surface area contributed by atoms with Crippen molar-refractivity contribution in [3.8, 4) is 11.3 Å². The van der Waals surface area contributed by atoms with Crippen molar-refractivity contribution in [2.24, 2.45) is 0 Å². The quantitative estimate of drug-likeness (QED) is 0.547. The van der Waals surface area contributed by atoms with Crippen LogP contribution in [0.2, 0.25) is 5.02 Å². The molecule has 6 nitrogen and oxygen atoms in total. The molecule has 0 aliphatic heterocycles. The maximum absolute atomic E-state index is 10.9. The Hall–Kier alpha value is -1.99. The molecule has 2 aromatic heterocycles. The number of hydrogen-bond donors (Lipinski definition) is 0. The molecule has 0 fully saturated rings. The van der Waals surface area contributed by atoms with Gasteiger partial charge in [0.2, 0.25) is 4.96 Å². The molecule has 20 heavy (non-hydrogen) atoms. The fraction of sp³-hybridized carbons (Fsp3) is 0.167. The summed E-state index contributed by atoms with van der Waals surface area (Å²) in [6.07, 6.45) is 2.62. The molecule has 0 radical (unpaired) electrons. The first-order valence-electron chi connectivity index (χ1n) is 5.88. The third-order valence-electron chi connectivity index (χ3n) is 2.83. The van der Waals surface area contributed by atoms with Gasteiger partial charge in [-0.25, -0.2) is 9.50 Å². The molecule has 0 bridgehead atoms. The Labute approximate surface area is 122 Å². The average molecular weight is 309 g/mol. The van der Waals surface area contributed by atoms with Crippen LogP contribution in [0.3, 0.4) is 0 Å². The van der Waals surface area contributed by atoms with Gasteiger partial charge in [-0.1, -0.05) is 35.9 Å². The highest BCUT2D eigenvalue weighted by Gasteiger charge is 2.16. The van der Waals surface area contributed by atoms with Gasteiger partial charge in [0.15, 0.2) is 0 Å². The Kier molecular flexibility index (Phi) is 3.15. The van der Waals surface area contributed by atoms with E-state index in [0.717, 1.165) is 16.4 Å². The molecule has 102 valence electrons. The minimum atomic E-state index is -0.502. The number of hydrogen-bond acceptors (Lipinski definition) is 5. The second-order valence-corrected chi connectivity index (χ2v) is 5.57. The van der Waals surface area contributed by atoms with E-state index in [1.165, 1.54) is 23.5 Å². The molecular weight excluding hydrogens is 300 g/mol. The van der Waals surface area contributed by atoms with Crippen molar-refractivity contribution in [3.63, 3.8) is 0 Å². The molecule has 3 aromatic rings. The van der Waals surface area contributed by atoms with E-state index in [0.29, 0.717) is 11.3 Å². The summed E-state index contributed by atoms with van der Waals surface area (Å²) in [4.78, 5) is 15.6. The Morgan fingerprint density at radius 2 is 2.30 bits per heavy atom. The lowest BCUT2D eigenvalue weighted by Crippen LogP contribution is -1.90. The van der Waals surface area contributed by atoms with Crippen molar-refractivity contribution in [3.05, 3.63) is 44.5 Å². The fourth-order valence-corrected chi connectivity index (χ4v) is 2.84. The van der Waals surface area contributed by atoms with Gasteiger partial charge in [0.1, 0.15) is 10.0 Å². The third kappa shape index (κ3) is 2.14. The van der Waals surface area contributed by atoms with Crippen LogP contribution in [-0.2, 0) is 6.42 Å². The predicted molar refractivity (Wildman–Crippen MR) is 77.3 cm³/mol. The summed E-state index contributed by atoms with van der Waals surface area (Å²) >= 11 is 7.31. The van der Waals surface area contributed by atoms with Gasteiger partial charge in [-0.15, -0.1) is 0 Å². The van der Waals surface area contributed by atoms with Crippen LogP contribution in [0.4, 0.5) is 5.69 Å². The van der Waals surface area contributed by atoms with Gasteiger partial charge in [0.25, 0.3) is 5.69 Å². The second-order valence-electron chi connectivity index (χ2n) is 4.13. The van der Waals surface area contributed by atoms with E-state index < -0.39 is 4.92 Å². The number of aryl methyl sites for hydroxylation is 1. The zero-order valence-electron chi connectivity index (χ0n) is 10.4. The molecule has 0 spiro atoms. The largest absolute Gasteiger partial charge is 0.288 e. The maximum atomic E-state index is 10.9. The van der Waals surface area contributed by atoms with Crippen LogP contribution in [0.5, 0.6) is 0 Å². The van der Waals surface area contributed by atoms with Gasteiger partial charge in [0.05, 0.1) is 16.8 Å². The van der Waals surface area contributed by atoms with Crippen LogP contribution < -0.4 is 0 Å². The Balaban J connectivity index is 2.08. The van der Waals surface area contributed by atoms with Crippen molar-refractivity contribution in [2.45, 2.75) is 13.3 Å². The summed E-state index contributed by atoms with van der Waals surface area (Å²) < 4.78 is 1.69. The summed E-state index contributed by atoms with van der Waals surface area (Å²) in [6, 6.07) is 4.64. The third-order valence-corrected chi connectivity index (χ3v) is 4.21. The fourth-order valence-electron chi connectivity index (χ4n) is 1.84. The summed E-state index contributed by atoms with van der Waals surface area (Å²) in [6.45, 7) is 2.03. The Morgan fingerprint density at radius 1 is 1.50 bits per heavy atom. The molecule has 8 heteroatoms. The maximum Gasteiger partial charge on any atom is 0.288 e. The first-order valence-corrected chi connectivity index (χ1v) is 7.07. The lowest BCUT2D eigenvalue weighted by molar-refractivity contribution is -0.384. The molecule has 0 N–H and O–H groups in total. The van der Waals surface area contributed by atoms with E-state index in [-0.39, 0.29) is 10.7 Å². The molecule has 1 aromatic carbocycles. The minimum Gasteiger partial charge on any atom is -0.258 e. The van der Waals surface area contributed by atoms with Gasteiger partial charge >= 0.3 is 0 Å². The molecule has 0 unspecified atom stereocenters. The summed E-state index contributed by atoms with van der Waals surface area (Å²) in [5.74, 6) is 0. The zero-order chi connectivity index (χ0) is 14.3. The summed E-state index contributed by atoms with van der Waals surface area (Å²) in [5, 5.41) is 16.4. The number of imidazole rings is 1. The van der Waals surface area contributed by atoms with Crippen molar-refractivity contribution in [1.29, 1.82) is 0 Å². The highest BCUT2D eigenvalue weighted by molar-refractivity contribution is 7.16. The number of nitrogens with zero attached hydrogens (tertiary/aromatic N) is 4. The van der Waals surface area contributed by atoms with Crippen molar-refractivity contribution in [2.75, 3.05) is 0 Å². The SMILES string of the molecule is CCc1nn2cc(-c3ccc(Cl)c([N+](=O)[O-])c3)nc2s1. The molecule has 2 heterocycles. The van der Waals surface area contributed by atoms with Gasteiger partial charge in [-0.05, 0) is 12.5 Å².